The average molecular weight is 257 g/mol. The Hall–Kier alpha value is -1.90. The number of aryl methyl sites for hydroxylation is 1. The van der Waals surface area contributed by atoms with Gasteiger partial charge in [-0.25, -0.2) is 0 Å². The molecule has 1 aromatic heterocycles. The smallest absolute Gasteiger partial charge is 0.304 e. The predicted molar refractivity (Wildman–Crippen MR) is 76.4 cm³/mol. The molecule has 1 N–H and O–H groups in total. The molecule has 0 aliphatic carbocycles. The van der Waals surface area contributed by atoms with Crippen LogP contribution in [0.4, 0.5) is 0 Å². The minimum Gasteiger partial charge on any atom is -0.481 e. The summed E-state index contributed by atoms with van der Waals surface area (Å²) in [5.74, 6) is -0.773. The van der Waals surface area contributed by atoms with Crippen LogP contribution in [0.1, 0.15) is 38.3 Å². The number of hydrogen-bond donors (Lipinski definition) is 1. The van der Waals surface area contributed by atoms with E-state index in [-0.39, 0.29) is 11.8 Å². The molecule has 0 aliphatic rings. The normalized spacial score (nSPS) is 11.7. The summed E-state index contributed by atoms with van der Waals surface area (Å²) < 4.78 is 0. The van der Waals surface area contributed by atoms with Crippen molar-refractivity contribution in [3.05, 3.63) is 41.7 Å². The minimum absolute atomic E-state index is 0.124. The second kappa shape index (κ2) is 5.00. The van der Waals surface area contributed by atoms with Gasteiger partial charge in [0, 0.05) is 23.2 Å². The van der Waals surface area contributed by atoms with E-state index in [2.05, 4.69) is 24.0 Å². The minimum atomic E-state index is -0.773. The van der Waals surface area contributed by atoms with Crippen molar-refractivity contribution in [2.24, 2.45) is 0 Å². The molecule has 0 spiro atoms. The van der Waals surface area contributed by atoms with Crippen LogP contribution < -0.4 is 0 Å². The summed E-state index contributed by atoms with van der Waals surface area (Å²) in [7, 11) is 0. The molecule has 100 valence electrons. The molecule has 0 saturated carbocycles. The van der Waals surface area contributed by atoms with Crippen LogP contribution in [-0.2, 0) is 16.6 Å². The number of nitrogens with zero attached hydrogens (tertiary/aromatic N) is 1. The first kappa shape index (κ1) is 13.5. The van der Waals surface area contributed by atoms with Crippen LogP contribution >= 0.6 is 0 Å². The highest BCUT2D eigenvalue weighted by Gasteiger charge is 2.24. The molecule has 0 fully saturated rings. The number of hydrogen-bond acceptors (Lipinski definition) is 2. The lowest BCUT2D eigenvalue weighted by Gasteiger charge is -2.23. The summed E-state index contributed by atoms with van der Waals surface area (Å²) in [6.07, 6.45) is 4.81. The fraction of sp³-hybridized carbons (Fsp3) is 0.375. The molecule has 2 rings (SSSR count). The van der Waals surface area contributed by atoms with Crippen LogP contribution in [-0.4, -0.2) is 16.1 Å². The number of fused-ring (bicyclic) bond motifs is 1. The van der Waals surface area contributed by atoms with E-state index in [9.17, 15) is 4.79 Å². The Kier molecular flexibility index (Phi) is 3.56. The summed E-state index contributed by atoms with van der Waals surface area (Å²) in [5, 5.41) is 11.3. The molecule has 0 aliphatic heterocycles. The number of carbonyl (C=O) groups is 1. The molecule has 0 saturated heterocycles. The zero-order chi connectivity index (χ0) is 14.0. The van der Waals surface area contributed by atoms with Crippen molar-refractivity contribution < 1.29 is 9.90 Å². The van der Waals surface area contributed by atoms with E-state index in [0.29, 0.717) is 0 Å². The Balaban J connectivity index is 2.50. The third-order valence-electron chi connectivity index (χ3n) is 3.60. The lowest BCUT2D eigenvalue weighted by Crippen LogP contribution is -2.21. The molecule has 0 bridgehead atoms. The van der Waals surface area contributed by atoms with Crippen LogP contribution in [0.15, 0.2) is 30.6 Å². The molecule has 0 radical (unpaired) electrons. The number of carboxylic acids is 1. The van der Waals surface area contributed by atoms with Crippen molar-refractivity contribution in [3.8, 4) is 0 Å². The van der Waals surface area contributed by atoms with Gasteiger partial charge in [0.25, 0.3) is 0 Å². The van der Waals surface area contributed by atoms with Crippen molar-refractivity contribution >= 4 is 16.7 Å². The predicted octanol–water partition coefficient (Wildman–Crippen LogP) is 3.55. The Morgan fingerprint density at radius 3 is 2.68 bits per heavy atom. The van der Waals surface area contributed by atoms with Gasteiger partial charge in [0.15, 0.2) is 0 Å². The molecule has 3 nitrogen and oxygen atoms in total. The topological polar surface area (TPSA) is 50.2 Å². The molecule has 3 heteroatoms. The van der Waals surface area contributed by atoms with Crippen molar-refractivity contribution in [2.75, 3.05) is 0 Å². The quantitative estimate of drug-likeness (QED) is 0.911. The van der Waals surface area contributed by atoms with Crippen molar-refractivity contribution in [3.63, 3.8) is 0 Å². The molecule has 0 amide bonds. The van der Waals surface area contributed by atoms with E-state index >= 15 is 0 Å². The summed E-state index contributed by atoms with van der Waals surface area (Å²) in [6.45, 7) is 6.03. The SMILES string of the molecule is CCc1cncc2cc(C(C)(C)CC(=O)O)ccc12. The van der Waals surface area contributed by atoms with E-state index in [4.69, 9.17) is 5.11 Å². The molecule has 0 unspecified atom stereocenters. The zero-order valence-corrected chi connectivity index (χ0v) is 11.6. The van der Waals surface area contributed by atoms with Gasteiger partial charge < -0.3 is 5.11 Å². The van der Waals surface area contributed by atoms with E-state index in [0.717, 1.165) is 17.4 Å². The van der Waals surface area contributed by atoms with Crippen LogP contribution in [0.3, 0.4) is 0 Å². The lowest BCUT2D eigenvalue weighted by atomic mass is 9.81. The maximum atomic E-state index is 10.9. The molecular weight excluding hydrogens is 238 g/mol. The maximum absolute atomic E-state index is 10.9. The van der Waals surface area contributed by atoms with E-state index in [1.165, 1.54) is 10.9 Å². The average Bonchev–Trinajstić information content (AvgIpc) is 2.35. The number of aliphatic carboxylic acids is 1. The molecule has 1 aromatic carbocycles. The molecular formula is C16H19NO2. The zero-order valence-electron chi connectivity index (χ0n) is 11.6. The van der Waals surface area contributed by atoms with Gasteiger partial charge in [0.1, 0.15) is 0 Å². The van der Waals surface area contributed by atoms with Crippen molar-refractivity contribution in [1.29, 1.82) is 0 Å². The van der Waals surface area contributed by atoms with Crippen molar-refractivity contribution in [2.45, 2.75) is 39.0 Å². The number of carboxylic acid groups (broad SMARTS) is 1. The van der Waals surface area contributed by atoms with Gasteiger partial charge in [0.2, 0.25) is 0 Å². The fourth-order valence-corrected chi connectivity index (χ4v) is 2.42. The number of aromatic nitrogens is 1. The summed E-state index contributed by atoms with van der Waals surface area (Å²) in [5.41, 5.74) is 1.89. The van der Waals surface area contributed by atoms with Gasteiger partial charge in [-0.3, -0.25) is 9.78 Å². The van der Waals surface area contributed by atoms with Crippen LogP contribution in [0.2, 0.25) is 0 Å². The van der Waals surface area contributed by atoms with Crippen LogP contribution in [0.5, 0.6) is 0 Å². The second-order valence-electron chi connectivity index (χ2n) is 5.54. The highest BCUT2D eigenvalue weighted by molar-refractivity contribution is 5.85. The van der Waals surface area contributed by atoms with E-state index < -0.39 is 5.97 Å². The Morgan fingerprint density at radius 2 is 2.05 bits per heavy atom. The summed E-state index contributed by atoms with van der Waals surface area (Å²) >= 11 is 0. The first-order chi connectivity index (χ1) is 8.94. The standard InChI is InChI=1S/C16H19NO2/c1-4-11-9-17-10-12-7-13(5-6-14(11)12)16(2,3)8-15(18)19/h5-7,9-10H,4,8H2,1-3H3,(H,18,19). The number of benzene rings is 1. The lowest BCUT2D eigenvalue weighted by molar-refractivity contribution is -0.138. The first-order valence-corrected chi connectivity index (χ1v) is 6.53. The molecule has 19 heavy (non-hydrogen) atoms. The van der Waals surface area contributed by atoms with Crippen LogP contribution in [0, 0.1) is 0 Å². The Morgan fingerprint density at radius 1 is 1.32 bits per heavy atom. The van der Waals surface area contributed by atoms with Gasteiger partial charge >= 0.3 is 5.97 Å². The largest absolute Gasteiger partial charge is 0.481 e. The number of rotatable bonds is 4. The van der Waals surface area contributed by atoms with Gasteiger partial charge in [-0.2, -0.15) is 0 Å². The molecule has 1 heterocycles. The fourth-order valence-electron chi connectivity index (χ4n) is 2.42. The number of pyridine rings is 1. The Bertz CT molecular complexity index is 617. The highest BCUT2D eigenvalue weighted by Crippen LogP contribution is 2.30. The second-order valence-corrected chi connectivity index (χ2v) is 5.54. The van der Waals surface area contributed by atoms with Crippen LogP contribution in [0.25, 0.3) is 10.8 Å². The maximum Gasteiger partial charge on any atom is 0.304 e. The van der Waals surface area contributed by atoms with Gasteiger partial charge in [0.05, 0.1) is 6.42 Å². The monoisotopic (exact) mass is 257 g/mol. The summed E-state index contributed by atoms with van der Waals surface area (Å²) in [6, 6.07) is 6.17. The highest BCUT2D eigenvalue weighted by atomic mass is 16.4. The third kappa shape index (κ3) is 2.75. The van der Waals surface area contributed by atoms with Gasteiger partial charge in [-0.05, 0) is 29.0 Å². The van der Waals surface area contributed by atoms with Gasteiger partial charge in [-0.15, -0.1) is 0 Å². The first-order valence-electron chi connectivity index (χ1n) is 6.53. The molecule has 2 aromatic rings. The third-order valence-corrected chi connectivity index (χ3v) is 3.60. The van der Waals surface area contributed by atoms with Crippen molar-refractivity contribution in [1.82, 2.24) is 4.98 Å². The Labute approximate surface area is 113 Å². The molecule has 0 atom stereocenters. The van der Waals surface area contributed by atoms with E-state index in [1.807, 2.05) is 32.3 Å². The van der Waals surface area contributed by atoms with Gasteiger partial charge in [-0.1, -0.05) is 32.9 Å². The van der Waals surface area contributed by atoms with E-state index in [1.54, 1.807) is 0 Å². The summed E-state index contributed by atoms with van der Waals surface area (Å²) in [4.78, 5) is 15.2.